The topological polar surface area (TPSA) is 96.0 Å². The van der Waals surface area contributed by atoms with Crippen molar-refractivity contribution in [3.05, 3.63) is 0 Å². The summed E-state index contributed by atoms with van der Waals surface area (Å²) in [6.45, 7) is -0.147. The number of primary amides is 1. The summed E-state index contributed by atoms with van der Waals surface area (Å²) in [5.41, 5.74) is 4.78. The second-order valence-corrected chi connectivity index (χ2v) is 2.88. The van der Waals surface area contributed by atoms with E-state index in [1.165, 1.54) is 11.8 Å². The largest absolute Gasteiger partial charge is 0.368 e. The number of nitrogens with zero attached hydrogens (tertiary/aromatic N) is 1. The fourth-order valence-electron chi connectivity index (χ4n) is 0.426. The lowest BCUT2D eigenvalue weighted by molar-refractivity contribution is -0.123. The number of amides is 2. The average Bonchev–Trinajstić information content (AvgIpc) is 2.01. The molecular formula is C6H9N3O2S. The van der Waals surface area contributed by atoms with E-state index in [9.17, 15) is 9.59 Å². The van der Waals surface area contributed by atoms with Gasteiger partial charge in [-0.15, -0.1) is 11.8 Å². The van der Waals surface area contributed by atoms with Crippen LogP contribution in [0.25, 0.3) is 0 Å². The van der Waals surface area contributed by atoms with Gasteiger partial charge in [0.2, 0.25) is 11.8 Å². The highest BCUT2D eigenvalue weighted by Crippen LogP contribution is 1.95. The number of carbonyl (C=O) groups excluding carboxylic acids is 2. The second-order valence-electron chi connectivity index (χ2n) is 1.89. The highest BCUT2D eigenvalue weighted by Gasteiger charge is 2.01. The van der Waals surface area contributed by atoms with Gasteiger partial charge in [0, 0.05) is 0 Å². The van der Waals surface area contributed by atoms with Crippen LogP contribution in [0.15, 0.2) is 0 Å². The Morgan fingerprint density at radius 3 is 2.75 bits per heavy atom. The van der Waals surface area contributed by atoms with E-state index in [-0.39, 0.29) is 24.0 Å². The van der Waals surface area contributed by atoms with Gasteiger partial charge in [0.05, 0.1) is 24.1 Å². The van der Waals surface area contributed by atoms with Crippen molar-refractivity contribution < 1.29 is 9.59 Å². The van der Waals surface area contributed by atoms with E-state index in [4.69, 9.17) is 11.0 Å². The summed E-state index contributed by atoms with van der Waals surface area (Å²) >= 11 is 1.19. The molecule has 0 bridgehead atoms. The molecule has 5 nitrogen and oxygen atoms in total. The minimum Gasteiger partial charge on any atom is -0.368 e. The minimum atomic E-state index is -0.575. The Morgan fingerprint density at radius 2 is 2.25 bits per heavy atom. The number of thioether (sulfide) groups is 1. The number of nitrogens with one attached hydrogen (secondary N) is 1. The molecule has 0 rings (SSSR count). The maximum Gasteiger partial charge on any atom is 0.236 e. The monoisotopic (exact) mass is 187 g/mol. The van der Waals surface area contributed by atoms with Crippen LogP contribution in [0.4, 0.5) is 0 Å². The molecule has 0 atom stereocenters. The molecule has 6 heteroatoms. The first-order chi connectivity index (χ1) is 5.66. The molecule has 0 saturated carbocycles. The van der Waals surface area contributed by atoms with E-state index in [1.807, 2.05) is 6.07 Å². The molecule has 0 saturated heterocycles. The first-order valence-electron chi connectivity index (χ1n) is 3.16. The lowest BCUT2D eigenvalue weighted by Gasteiger charge is -1.99. The number of hydrogen-bond donors (Lipinski definition) is 2. The Labute approximate surface area is 74.3 Å². The van der Waals surface area contributed by atoms with Crippen molar-refractivity contribution in [3.63, 3.8) is 0 Å². The molecule has 0 heterocycles. The van der Waals surface area contributed by atoms with Gasteiger partial charge in [0.25, 0.3) is 0 Å². The standard InChI is InChI=1S/C6H9N3O2S/c7-1-2-12-4-6(11)9-3-5(8)10/h2-4H2,(H2,8,10)(H,9,11). The Balaban J connectivity index is 3.35. The molecule has 0 fully saturated rings. The molecule has 0 aliphatic carbocycles. The SMILES string of the molecule is N#CCSCC(=O)NCC(N)=O. The van der Waals surface area contributed by atoms with Crippen molar-refractivity contribution >= 4 is 23.6 Å². The fourth-order valence-corrected chi connectivity index (χ4v) is 0.907. The van der Waals surface area contributed by atoms with Crippen molar-refractivity contribution in [3.8, 4) is 6.07 Å². The summed E-state index contributed by atoms with van der Waals surface area (Å²) in [6, 6.07) is 1.88. The van der Waals surface area contributed by atoms with Crippen molar-refractivity contribution in [2.45, 2.75) is 0 Å². The third-order valence-corrected chi connectivity index (χ3v) is 1.66. The molecule has 0 aromatic carbocycles. The maximum atomic E-state index is 10.8. The van der Waals surface area contributed by atoms with Crippen LogP contribution in [0.1, 0.15) is 0 Å². The molecule has 0 aromatic rings. The Bertz CT molecular complexity index is 211. The quantitative estimate of drug-likeness (QED) is 0.531. The number of hydrogen-bond acceptors (Lipinski definition) is 4. The van der Waals surface area contributed by atoms with Crippen molar-refractivity contribution in [1.29, 1.82) is 5.26 Å². The van der Waals surface area contributed by atoms with Crippen LogP contribution in [0.2, 0.25) is 0 Å². The van der Waals surface area contributed by atoms with Gasteiger partial charge < -0.3 is 11.1 Å². The first-order valence-corrected chi connectivity index (χ1v) is 4.32. The molecule has 0 radical (unpaired) electrons. The van der Waals surface area contributed by atoms with Crippen LogP contribution in [0.3, 0.4) is 0 Å². The third kappa shape index (κ3) is 6.89. The molecule has 0 aromatic heterocycles. The van der Waals surface area contributed by atoms with Crippen LogP contribution in [0, 0.1) is 11.3 Å². The lowest BCUT2D eigenvalue weighted by Crippen LogP contribution is -2.34. The normalized spacial score (nSPS) is 8.58. The smallest absolute Gasteiger partial charge is 0.236 e. The number of nitriles is 1. The molecule has 66 valence electrons. The molecule has 0 aliphatic rings. The zero-order valence-electron chi connectivity index (χ0n) is 6.37. The van der Waals surface area contributed by atoms with Gasteiger partial charge in [-0.1, -0.05) is 0 Å². The van der Waals surface area contributed by atoms with Crippen molar-refractivity contribution in [2.75, 3.05) is 18.1 Å². The van der Waals surface area contributed by atoms with E-state index >= 15 is 0 Å². The number of carbonyl (C=O) groups is 2. The first kappa shape index (κ1) is 10.8. The van der Waals surface area contributed by atoms with Gasteiger partial charge in [-0.2, -0.15) is 5.26 Å². The van der Waals surface area contributed by atoms with Crippen LogP contribution in [0.5, 0.6) is 0 Å². The second kappa shape index (κ2) is 6.49. The molecule has 0 unspecified atom stereocenters. The van der Waals surface area contributed by atoms with E-state index in [0.29, 0.717) is 0 Å². The predicted octanol–water partition coefficient (Wildman–Crippen LogP) is -1.16. The van der Waals surface area contributed by atoms with Gasteiger partial charge in [-0.3, -0.25) is 9.59 Å². The predicted molar refractivity (Wildman–Crippen MR) is 45.1 cm³/mol. The molecule has 2 amide bonds. The molecule has 0 spiro atoms. The number of rotatable bonds is 5. The van der Waals surface area contributed by atoms with E-state index in [0.717, 1.165) is 0 Å². The summed E-state index contributed by atoms with van der Waals surface area (Å²) in [4.78, 5) is 21.0. The lowest BCUT2D eigenvalue weighted by atomic mass is 10.6. The molecule has 3 N–H and O–H groups in total. The van der Waals surface area contributed by atoms with E-state index < -0.39 is 5.91 Å². The third-order valence-electron chi connectivity index (χ3n) is 0.860. The zero-order chi connectivity index (χ0) is 9.40. The summed E-state index contributed by atoms with van der Waals surface area (Å²) < 4.78 is 0. The highest BCUT2D eigenvalue weighted by atomic mass is 32.2. The van der Waals surface area contributed by atoms with E-state index in [1.54, 1.807) is 0 Å². The van der Waals surface area contributed by atoms with Crippen LogP contribution in [-0.4, -0.2) is 29.9 Å². The Kier molecular flexibility index (Phi) is 5.83. The van der Waals surface area contributed by atoms with Gasteiger partial charge >= 0.3 is 0 Å². The van der Waals surface area contributed by atoms with Gasteiger partial charge in [-0.25, -0.2) is 0 Å². The van der Waals surface area contributed by atoms with Gasteiger partial charge in [-0.05, 0) is 0 Å². The average molecular weight is 187 g/mol. The van der Waals surface area contributed by atoms with Gasteiger partial charge in [0.15, 0.2) is 0 Å². The fraction of sp³-hybridized carbons (Fsp3) is 0.500. The zero-order valence-corrected chi connectivity index (χ0v) is 7.19. The highest BCUT2D eigenvalue weighted by molar-refractivity contribution is 8.00. The van der Waals surface area contributed by atoms with Crippen molar-refractivity contribution in [1.82, 2.24) is 5.32 Å². The van der Waals surface area contributed by atoms with E-state index in [2.05, 4.69) is 5.32 Å². The molecule has 0 aliphatic heterocycles. The summed E-state index contributed by atoms with van der Waals surface area (Å²) in [5, 5.41) is 10.4. The van der Waals surface area contributed by atoms with Crippen LogP contribution in [-0.2, 0) is 9.59 Å². The Hall–Kier alpha value is -1.22. The summed E-state index contributed by atoms with van der Waals surface area (Å²) in [5.74, 6) is -0.409. The molecule has 12 heavy (non-hydrogen) atoms. The Morgan fingerprint density at radius 1 is 1.58 bits per heavy atom. The summed E-state index contributed by atoms with van der Waals surface area (Å²) in [6.07, 6.45) is 0. The van der Waals surface area contributed by atoms with Crippen LogP contribution < -0.4 is 11.1 Å². The minimum absolute atomic E-state index is 0.147. The van der Waals surface area contributed by atoms with Crippen LogP contribution >= 0.6 is 11.8 Å². The van der Waals surface area contributed by atoms with Gasteiger partial charge in [0.1, 0.15) is 0 Å². The number of nitrogens with two attached hydrogens (primary N) is 1. The maximum absolute atomic E-state index is 10.8. The molecular weight excluding hydrogens is 178 g/mol. The van der Waals surface area contributed by atoms with Crippen molar-refractivity contribution in [2.24, 2.45) is 5.73 Å². The summed E-state index contributed by atoms with van der Waals surface area (Å²) in [7, 11) is 0.